The van der Waals surface area contributed by atoms with E-state index in [2.05, 4.69) is 4.99 Å². The third kappa shape index (κ3) is 3.69. The summed E-state index contributed by atoms with van der Waals surface area (Å²) in [6.07, 6.45) is 3.10. The second-order valence-electron chi connectivity index (χ2n) is 4.77. The van der Waals surface area contributed by atoms with Crippen LogP contribution in [0.3, 0.4) is 0 Å². The second-order valence-corrected chi connectivity index (χ2v) is 4.77. The molecule has 0 unspecified atom stereocenters. The van der Waals surface area contributed by atoms with E-state index in [-0.39, 0.29) is 29.5 Å². The molecule has 1 aliphatic rings. The zero-order valence-electron chi connectivity index (χ0n) is 12.1. The lowest BCUT2D eigenvalue weighted by Crippen LogP contribution is -2.12. The molecule has 1 aromatic carbocycles. The molecule has 0 aliphatic heterocycles. The van der Waals surface area contributed by atoms with Crippen LogP contribution in [0.15, 0.2) is 34.8 Å². The fourth-order valence-corrected chi connectivity index (χ4v) is 1.80. The number of nitro groups is 1. The lowest BCUT2D eigenvalue weighted by molar-refractivity contribution is -0.385. The van der Waals surface area contributed by atoms with E-state index >= 15 is 0 Å². The minimum Gasteiger partial charge on any atom is -0.506 e. The van der Waals surface area contributed by atoms with E-state index in [4.69, 9.17) is 4.74 Å². The highest BCUT2D eigenvalue weighted by atomic mass is 16.6. The molecule has 7 nitrogen and oxygen atoms in total. The lowest BCUT2D eigenvalue weighted by atomic mass is 10.1. The summed E-state index contributed by atoms with van der Waals surface area (Å²) in [5.74, 6) is -1.27. The molecule has 1 saturated carbocycles. The molecule has 1 fully saturated rings. The minimum absolute atomic E-state index is 0.0437. The number of carbonyl (C=O) groups excluding carboxylic acids is 1. The number of benzene rings is 1. The first-order chi connectivity index (χ1) is 10.5. The first kappa shape index (κ1) is 15.7. The van der Waals surface area contributed by atoms with Crippen molar-refractivity contribution in [3.63, 3.8) is 0 Å². The molecular weight excluding hydrogens is 288 g/mol. The summed E-state index contributed by atoms with van der Waals surface area (Å²) in [4.78, 5) is 26.5. The molecule has 1 aromatic rings. The maximum absolute atomic E-state index is 12.0. The molecule has 0 spiro atoms. The lowest BCUT2D eigenvalue weighted by Gasteiger charge is -2.07. The summed E-state index contributed by atoms with van der Waals surface area (Å²) in [5.41, 5.74) is -0.512. The largest absolute Gasteiger partial charge is 0.506 e. The molecule has 1 N–H and O–H groups in total. The van der Waals surface area contributed by atoms with Crippen molar-refractivity contribution < 1.29 is 19.6 Å². The zero-order valence-corrected chi connectivity index (χ0v) is 12.1. The molecule has 7 heteroatoms. The maximum Gasteiger partial charge on any atom is 0.343 e. The van der Waals surface area contributed by atoms with Crippen molar-refractivity contribution in [3.05, 3.63) is 45.5 Å². The predicted molar refractivity (Wildman–Crippen MR) is 80.8 cm³/mol. The van der Waals surface area contributed by atoms with Crippen LogP contribution in [0.2, 0.25) is 0 Å². The standard InChI is InChI=1S/C15H16N2O5/c1-2-22-15(19)12(9-16-10-7-8-10)14(18)11-5-3-4-6-13(11)17(20)21/h3-6,9-10,18H,2,7-8H2,1H3. The quantitative estimate of drug-likeness (QED) is 0.217. The first-order valence-corrected chi connectivity index (χ1v) is 6.92. The number of aliphatic hydroxyl groups excluding tert-OH is 1. The van der Waals surface area contributed by atoms with Gasteiger partial charge in [-0.1, -0.05) is 12.1 Å². The van der Waals surface area contributed by atoms with Crippen LogP contribution in [0.1, 0.15) is 25.3 Å². The Bertz CT molecular complexity index is 647. The number of para-hydroxylation sites is 1. The highest BCUT2D eigenvalue weighted by Crippen LogP contribution is 2.27. The molecule has 2 rings (SSSR count). The fraction of sp³-hybridized carbons (Fsp3) is 0.333. The van der Waals surface area contributed by atoms with Crippen LogP contribution in [-0.2, 0) is 9.53 Å². The Morgan fingerprint density at radius 2 is 2.18 bits per heavy atom. The van der Waals surface area contributed by atoms with Crippen LogP contribution < -0.4 is 0 Å². The van der Waals surface area contributed by atoms with E-state index < -0.39 is 16.7 Å². The van der Waals surface area contributed by atoms with Crippen LogP contribution in [0, 0.1) is 10.1 Å². The number of hydrogen-bond donors (Lipinski definition) is 1. The van der Waals surface area contributed by atoms with Crippen molar-refractivity contribution in [2.24, 2.45) is 4.99 Å². The van der Waals surface area contributed by atoms with Crippen molar-refractivity contribution in [3.8, 4) is 0 Å². The van der Waals surface area contributed by atoms with E-state index in [1.54, 1.807) is 13.0 Å². The highest BCUT2D eigenvalue weighted by Gasteiger charge is 2.24. The van der Waals surface area contributed by atoms with Crippen molar-refractivity contribution in [2.75, 3.05) is 6.61 Å². The van der Waals surface area contributed by atoms with E-state index in [1.807, 2.05) is 0 Å². The van der Waals surface area contributed by atoms with Crippen molar-refractivity contribution in [1.82, 2.24) is 0 Å². The minimum atomic E-state index is -0.762. The van der Waals surface area contributed by atoms with E-state index in [1.165, 1.54) is 24.4 Å². The monoisotopic (exact) mass is 304 g/mol. The molecule has 22 heavy (non-hydrogen) atoms. The van der Waals surface area contributed by atoms with Gasteiger partial charge in [0.2, 0.25) is 0 Å². The Morgan fingerprint density at radius 3 is 2.77 bits per heavy atom. The molecule has 0 aromatic heterocycles. The number of rotatable bonds is 6. The average Bonchev–Trinajstić information content (AvgIpc) is 3.31. The summed E-state index contributed by atoms with van der Waals surface area (Å²) in [6.45, 7) is 1.76. The van der Waals surface area contributed by atoms with Crippen molar-refractivity contribution >= 4 is 23.6 Å². The van der Waals surface area contributed by atoms with Gasteiger partial charge in [-0.15, -0.1) is 0 Å². The van der Waals surface area contributed by atoms with Crippen LogP contribution >= 0.6 is 0 Å². The average molecular weight is 304 g/mol. The Balaban J connectivity index is 2.47. The summed E-state index contributed by atoms with van der Waals surface area (Å²) >= 11 is 0. The van der Waals surface area contributed by atoms with Gasteiger partial charge in [0.15, 0.2) is 0 Å². The molecule has 1 aliphatic carbocycles. The van der Waals surface area contributed by atoms with Crippen LogP contribution in [0.25, 0.3) is 5.76 Å². The van der Waals surface area contributed by atoms with Gasteiger partial charge in [0.25, 0.3) is 5.69 Å². The van der Waals surface area contributed by atoms with Crippen LogP contribution in [0.4, 0.5) is 5.69 Å². The summed E-state index contributed by atoms with van der Waals surface area (Å²) in [7, 11) is 0. The Morgan fingerprint density at radius 1 is 1.50 bits per heavy atom. The Labute approximate surface area is 127 Å². The summed E-state index contributed by atoms with van der Waals surface area (Å²) in [6, 6.07) is 5.80. The first-order valence-electron chi connectivity index (χ1n) is 6.92. The summed E-state index contributed by atoms with van der Waals surface area (Å²) < 4.78 is 4.88. The summed E-state index contributed by atoms with van der Waals surface area (Å²) in [5, 5.41) is 21.4. The number of aliphatic hydroxyl groups is 1. The molecule has 0 heterocycles. The topological polar surface area (TPSA) is 102 Å². The van der Waals surface area contributed by atoms with Crippen molar-refractivity contribution in [1.29, 1.82) is 0 Å². The second kappa shape index (κ2) is 6.84. The molecule has 0 atom stereocenters. The molecule has 0 amide bonds. The smallest absolute Gasteiger partial charge is 0.343 e. The van der Waals surface area contributed by atoms with Crippen LogP contribution in [0.5, 0.6) is 0 Å². The van der Waals surface area contributed by atoms with Gasteiger partial charge < -0.3 is 9.84 Å². The van der Waals surface area contributed by atoms with Gasteiger partial charge in [0, 0.05) is 12.3 Å². The fourth-order valence-electron chi connectivity index (χ4n) is 1.80. The number of carbonyl (C=O) groups is 1. The van der Waals surface area contributed by atoms with Gasteiger partial charge >= 0.3 is 5.97 Å². The molecule has 0 saturated heterocycles. The van der Waals surface area contributed by atoms with Gasteiger partial charge in [-0.25, -0.2) is 4.79 Å². The number of hydrogen-bond acceptors (Lipinski definition) is 6. The van der Waals surface area contributed by atoms with Gasteiger partial charge in [-0.3, -0.25) is 15.1 Å². The SMILES string of the molecule is CCOC(=O)C(C=NC1CC1)=C(O)c1ccccc1[N+](=O)[O-]. The zero-order chi connectivity index (χ0) is 16.1. The van der Waals surface area contributed by atoms with E-state index in [9.17, 15) is 20.0 Å². The normalized spacial score (nSPS) is 15.5. The predicted octanol–water partition coefficient (Wildman–Crippen LogP) is 2.66. The number of esters is 1. The number of nitro benzene ring substituents is 1. The number of nitrogens with zero attached hydrogens (tertiary/aromatic N) is 2. The van der Waals surface area contributed by atoms with Gasteiger partial charge in [-0.2, -0.15) is 0 Å². The van der Waals surface area contributed by atoms with Gasteiger partial charge in [-0.05, 0) is 25.8 Å². The third-order valence-corrected chi connectivity index (χ3v) is 3.07. The van der Waals surface area contributed by atoms with E-state index in [0.29, 0.717) is 0 Å². The van der Waals surface area contributed by atoms with Crippen LogP contribution in [-0.4, -0.2) is 34.9 Å². The maximum atomic E-state index is 12.0. The van der Waals surface area contributed by atoms with E-state index in [0.717, 1.165) is 12.8 Å². The highest BCUT2D eigenvalue weighted by molar-refractivity contribution is 6.15. The molecular formula is C15H16N2O5. The number of aliphatic imine (C=N–C) groups is 1. The third-order valence-electron chi connectivity index (χ3n) is 3.07. The Kier molecular flexibility index (Phi) is 4.88. The molecule has 116 valence electrons. The van der Waals surface area contributed by atoms with Gasteiger partial charge in [0.05, 0.1) is 23.1 Å². The molecule has 0 bridgehead atoms. The number of ether oxygens (including phenoxy) is 1. The Hall–Kier alpha value is -2.70. The van der Waals surface area contributed by atoms with Gasteiger partial charge in [0.1, 0.15) is 11.3 Å². The van der Waals surface area contributed by atoms with Crippen molar-refractivity contribution in [2.45, 2.75) is 25.8 Å². The molecule has 0 radical (unpaired) electrons.